The number of fused-ring (bicyclic) bond motifs is 1. The van der Waals surface area contributed by atoms with E-state index in [1.165, 1.54) is 30.5 Å². The first kappa shape index (κ1) is 21.7. The van der Waals surface area contributed by atoms with Crippen molar-refractivity contribution in [1.82, 2.24) is 5.43 Å². The smallest absolute Gasteiger partial charge is 0.344 e. The third kappa shape index (κ3) is 5.80. The van der Waals surface area contributed by atoms with Crippen LogP contribution in [0.25, 0.3) is 10.8 Å². The molecule has 0 heterocycles. The minimum Gasteiger partial charge on any atom is -0.484 e. The lowest BCUT2D eigenvalue weighted by molar-refractivity contribution is -0.123. The van der Waals surface area contributed by atoms with Gasteiger partial charge in [-0.1, -0.05) is 36.4 Å². The summed E-state index contributed by atoms with van der Waals surface area (Å²) in [7, 11) is 0. The van der Waals surface area contributed by atoms with Gasteiger partial charge in [0.25, 0.3) is 5.91 Å². The lowest BCUT2D eigenvalue weighted by Gasteiger charge is -2.07. The highest BCUT2D eigenvalue weighted by Crippen LogP contribution is 2.21. The number of nitrogens with zero attached hydrogens (tertiary/aromatic N) is 1. The van der Waals surface area contributed by atoms with Crippen LogP contribution in [0.1, 0.15) is 15.9 Å². The number of rotatable bonds is 7. The molecule has 33 heavy (non-hydrogen) atoms. The molecule has 1 N–H and O–H groups in total. The molecule has 1 amide bonds. The highest BCUT2D eigenvalue weighted by atomic mass is 19.1. The zero-order chi connectivity index (χ0) is 23.0. The van der Waals surface area contributed by atoms with Gasteiger partial charge in [0.1, 0.15) is 17.3 Å². The molecule has 0 unspecified atom stereocenters. The Kier molecular flexibility index (Phi) is 6.70. The van der Waals surface area contributed by atoms with Crippen LogP contribution < -0.4 is 14.9 Å². The van der Waals surface area contributed by atoms with E-state index in [2.05, 4.69) is 10.5 Å². The van der Waals surface area contributed by atoms with E-state index in [0.717, 1.165) is 10.8 Å². The summed E-state index contributed by atoms with van der Waals surface area (Å²) >= 11 is 0. The summed E-state index contributed by atoms with van der Waals surface area (Å²) in [5.41, 5.74) is 3.53. The molecule has 164 valence electrons. The Morgan fingerprint density at radius 1 is 0.848 bits per heavy atom. The van der Waals surface area contributed by atoms with E-state index in [4.69, 9.17) is 9.47 Å². The van der Waals surface area contributed by atoms with Gasteiger partial charge in [-0.15, -0.1) is 0 Å². The Bertz CT molecular complexity index is 1300. The molecule has 4 rings (SSSR count). The number of hydrogen-bond acceptors (Lipinski definition) is 5. The molecule has 0 saturated carbocycles. The van der Waals surface area contributed by atoms with E-state index in [-0.39, 0.29) is 12.4 Å². The molecule has 4 aromatic rings. The van der Waals surface area contributed by atoms with Gasteiger partial charge in [0.15, 0.2) is 6.61 Å². The monoisotopic (exact) mass is 442 g/mol. The van der Waals surface area contributed by atoms with E-state index in [0.29, 0.717) is 22.6 Å². The van der Waals surface area contributed by atoms with Gasteiger partial charge in [-0.05, 0) is 70.9 Å². The third-order valence-corrected chi connectivity index (χ3v) is 4.69. The normalized spacial score (nSPS) is 10.8. The van der Waals surface area contributed by atoms with Gasteiger partial charge < -0.3 is 9.47 Å². The van der Waals surface area contributed by atoms with E-state index >= 15 is 0 Å². The Balaban J connectivity index is 1.29. The summed E-state index contributed by atoms with van der Waals surface area (Å²) in [5.74, 6) is -0.519. The Hall–Kier alpha value is -4.52. The lowest BCUT2D eigenvalue weighted by Crippen LogP contribution is -2.24. The van der Waals surface area contributed by atoms with Crippen LogP contribution >= 0.6 is 0 Å². The van der Waals surface area contributed by atoms with E-state index < -0.39 is 11.9 Å². The Morgan fingerprint density at radius 2 is 1.55 bits per heavy atom. The third-order valence-electron chi connectivity index (χ3n) is 4.69. The fourth-order valence-corrected chi connectivity index (χ4v) is 3.08. The molecule has 0 fully saturated rings. The number of carbonyl (C=O) groups excluding carboxylic acids is 2. The maximum absolute atomic E-state index is 12.9. The quantitative estimate of drug-likeness (QED) is 0.194. The number of benzene rings is 4. The summed E-state index contributed by atoms with van der Waals surface area (Å²) in [4.78, 5) is 24.4. The molecule has 0 bridgehead atoms. The molecule has 0 atom stereocenters. The predicted octanol–water partition coefficient (Wildman–Crippen LogP) is 4.73. The molecule has 0 spiro atoms. The van der Waals surface area contributed by atoms with E-state index in [1.54, 1.807) is 30.3 Å². The molecule has 0 saturated heterocycles. The fraction of sp³-hybridized carbons (Fsp3) is 0.0385. The number of hydrogen-bond donors (Lipinski definition) is 1. The van der Waals surface area contributed by atoms with Crippen LogP contribution in [-0.4, -0.2) is 24.7 Å². The van der Waals surface area contributed by atoms with Crippen LogP contribution in [0.2, 0.25) is 0 Å². The van der Waals surface area contributed by atoms with Gasteiger partial charge >= 0.3 is 5.97 Å². The van der Waals surface area contributed by atoms with Crippen LogP contribution in [0.5, 0.6) is 11.5 Å². The zero-order valence-corrected chi connectivity index (χ0v) is 17.4. The minimum atomic E-state index is -0.462. The average Bonchev–Trinajstić information content (AvgIpc) is 2.84. The second-order valence-corrected chi connectivity index (χ2v) is 7.02. The molecule has 0 aliphatic carbocycles. The maximum Gasteiger partial charge on any atom is 0.344 e. The van der Waals surface area contributed by atoms with Crippen molar-refractivity contribution in [3.8, 4) is 11.5 Å². The van der Waals surface area contributed by atoms with Crippen molar-refractivity contribution in [2.45, 2.75) is 0 Å². The van der Waals surface area contributed by atoms with E-state index in [1.807, 2.05) is 36.4 Å². The average molecular weight is 442 g/mol. The number of carbonyl (C=O) groups is 2. The molecule has 0 radical (unpaired) electrons. The van der Waals surface area contributed by atoms with Crippen LogP contribution in [0.4, 0.5) is 4.39 Å². The second kappa shape index (κ2) is 10.2. The van der Waals surface area contributed by atoms with E-state index in [9.17, 15) is 14.0 Å². The Morgan fingerprint density at radius 3 is 2.33 bits per heavy atom. The first-order valence-corrected chi connectivity index (χ1v) is 10.1. The van der Waals surface area contributed by atoms with Gasteiger partial charge in [-0.3, -0.25) is 4.79 Å². The van der Waals surface area contributed by atoms with Gasteiger partial charge in [0, 0.05) is 0 Å². The van der Waals surface area contributed by atoms with Crippen molar-refractivity contribution in [2.24, 2.45) is 5.10 Å². The molecule has 6 nitrogen and oxygen atoms in total. The molecule has 0 aliphatic rings. The summed E-state index contributed by atoms with van der Waals surface area (Å²) in [6.45, 7) is -0.258. The zero-order valence-electron chi connectivity index (χ0n) is 17.4. The van der Waals surface area contributed by atoms with Crippen LogP contribution in [-0.2, 0) is 4.79 Å². The molecular weight excluding hydrogens is 423 g/mol. The first-order valence-electron chi connectivity index (χ1n) is 10.1. The first-order chi connectivity index (χ1) is 16.1. The van der Waals surface area contributed by atoms with Crippen molar-refractivity contribution in [2.75, 3.05) is 6.61 Å². The largest absolute Gasteiger partial charge is 0.484 e. The predicted molar refractivity (Wildman–Crippen MR) is 123 cm³/mol. The molecule has 0 aliphatic heterocycles. The van der Waals surface area contributed by atoms with Crippen molar-refractivity contribution >= 4 is 28.9 Å². The van der Waals surface area contributed by atoms with Crippen molar-refractivity contribution < 1.29 is 23.5 Å². The topological polar surface area (TPSA) is 77.0 Å². The highest BCUT2D eigenvalue weighted by molar-refractivity contribution is 6.05. The lowest BCUT2D eigenvalue weighted by atomic mass is 10.0. The summed E-state index contributed by atoms with van der Waals surface area (Å²) in [5, 5.41) is 5.66. The van der Waals surface area contributed by atoms with Crippen molar-refractivity contribution in [3.63, 3.8) is 0 Å². The molecule has 7 heteroatoms. The van der Waals surface area contributed by atoms with Crippen LogP contribution in [0, 0.1) is 5.82 Å². The number of esters is 1. The fourth-order valence-electron chi connectivity index (χ4n) is 3.08. The standard InChI is InChI=1S/C26H19FN2O4/c27-20-10-14-21(15-11-20)32-17-25(30)29-28-16-18-8-12-22(13-9-18)33-26(31)24-7-3-5-19-4-1-2-6-23(19)24/h1-16H,17H2,(H,29,30)/b28-16-. The van der Waals surface area contributed by atoms with Gasteiger partial charge in [0.05, 0.1) is 11.8 Å². The van der Waals surface area contributed by atoms with Crippen molar-refractivity contribution in [1.29, 1.82) is 0 Å². The highest BCUT2D eigenvalue weighted by Gasteiger charge is 2.12. The van der Waals surface area contributed by atoms with Gasteiger partial charge in [0.2, 0.25) is 0 Å². The van der Waals surface area contributed by atoms with Crippen molar-refractivity contribution in [3.05, 3.63) is 108 Å². The molecule has 0 aromatic heterocycles. The Labute approximate surface area is 189 Å². The maximum atomic E-state index is 12.9. The van der Waals surface area contributed by atoms with Gasteiger partial charge in [-0.2, -0.15) is 5.10 Å². The number of hydrazone groups is 1. The number of halogens is 1. The SMILES string of the molecule is O=C(COc1ccc(F)cc1)N/N=C\c1ccc(OC(=O)c2cccc3ccccc23)cc1. The molecular formula is C26H19FN2O4. The number of nitrogens with one attached hydrogen (secondary N) is 1. The summed E-state index contributed by atoms with van der Waals surface area (Å²) < 4.78 is 23.6. The second-order valence-electron chi connectivity index (χ2n) is 7.02. The summed E-state index contributed by atoms with van der Waals surface area (Å²) in [6.07, 6.45) is 1.45. The van der Waals surface area contributed by atoms with Crippen LogP contribution in [0.3, 0.4) is 0 Å². The number of amides is 1. The summed E-state index contributed by atoms with van der Waals surface area (Å²) in [6, 6.07) is 25.1. The van der Waals surface area contributed by atoms with Gasteiger partial charge in [-0.25, -0.2) is 14.6 Å². The van der Waals surface area contributed by atoms with Crippen LogP contribution in [0.15, 0.2) is 96.1 Å². The number of ether oxygens (including phenoxy) is 2. The molecule has 4 aromatic carbocycles. The minimum absolute atomic E-state index is 0.258.